The Morgan fingerprint density at radius 3 is 2.50 bits per heavy atom. The zero-order chi connectivity index (χ0) is 15.7. The topological polar surface area (TPSA) is 67.5 Å². The molecule has 1 N–H and O–H groups in total. The molecule has 0 amide bonds. The fourth-order valence-corrected chi connectivity index (χ4v) is 2.42. The summed E-state index contributed by atoms with van der Waals surface area (Å²) in [6, 6.07) is 15.7. The molecule has 4 nitrogen and oxygen atoms in total. The van der Waals surface area contributed by atoms with Crippen LogP contribution in [0.3, 0.4) is 0 Å². The largest absolute Gasteiger partial charge is 0.481 e. The average Bonchev–Trinajstić information content (AvgIpc) is 2.54. The minimum Gasteiger partial charge on any atom is -0.481 e. The van der Waals surface area contributed by atoms with Crippen LogP contribution in [-0.4, -0.2) is 11.1 Å². The van der Waals surface area contributed by atoms with Gasteiger partial charge in [-0.2, -0.15) is 0 Å². The highest BCUT2D eigenvalue weighted by Gasteiger charge is 2.19. The molecular formula is C18H14O4. The molecule has 3 rings (SSSR count). The Balaban J connectivity index is 2.30. The summed E-state index contributed by atoms with van der Waals surface area (Å²) in [4.78, 5) is 23.6. The van der Waals surface area contributed by atoms with E-state index in [-0.39, 0.29) is 5.43 Å². The lowest BCUT2D eigenvalue weighted by molar-refractivity contribution is -0.138. The number of carboxylic acid groups (broad SMARTS) is 1. The summed E-state index contributed by atoms with van der Waals surface area (Å²) in [6.07, 6.45) is 0. The predicted octanol–water partition coefficient (Wildman–Crippen LogP) is 3.65. The molecule has 1 aromatic heterocycles. The minimum absolute atomic E-state index is 0.181. The first-order chi connectivity index (χ1) is 10.6. The first kappa shape index (κ1) is 14.1. The van der Waals surface area contributed by atoms with Crippen molar-refractivity contribution in [1.29, 1.82) is 0 Å². The quantitative estimate of drug-likeness (QED) is 0.800. The van der Waals surface area contributed by atoms with Crippen LogP contribution in [0.2, 0.25) is 0 Å². The van der Waals surface area contributed by atoms with E-state index in [2.05, 4.69) is 0 Å². The van der Waals surface area contributed by atoms with Gasteiger partial charge in [-0.25, -0.2) is 0 Å². The lowest BCUT2D eigenvalue weighted by Gasteiger charge is -2.10. The molecule has 0 aliphatic rings. The van der Waals surface area contributed by atoms with Crippen LogP contribution in [0.4, 0.5) is 0 Å². The van der Waals surface area contributed by atoms with Gasteiger partial charge in [-0.1, -0.05) is 42.5 Å². The first-order valence-corrected chi connectivity index (χ1v) is 6.93. The number of para-hydroxylation sites is 1. The van der Waals surface area contributed by atoms with Gasteiger partial charge in [-0.3, -0.25) is 9.59 Å². The molecule has 2 aromatic carbocycles. The molecule has 22 heavy (non-hydrogen) atoms. The lowest BCUT2D eigenvalue weighted by atomic mass is 9.98. The standard InChI is InChI=1S/C18H14O4/c1-11(18(20)21)13-8-5-9-14-15(19)10-16(22-17(13)14)12-6-3-2-4-7-12/h2-11H,1H3,(H,20,21)/t11-/m1/s1. The van der Waals surface area contributed by atoms with Crippen molar-refractivity contribution in [2.75, 3.05) is 0 Å². The Hall–Kier alpha value is -2.88. The Morgan fingerprint density at radius 2 is 1.82 bits per heavy atom. The smallest absolute Gasteiger partial charge is 0.310 e. The van der Waals surface area contributed by atoms with Crippen LogP contribution in [0.15, 0.2) is 63.8 Å². The van der Waals surface area contributed by atoms with Gasteiger partial charge in [-0.05, 0) is 13.0 Å². The number of carboxylic acids is 1. The van der Waals surface area contributed by atoms with Gasteiger partial charge in [0, 0.05) is 17.2 Å². The number of hydrogen-bond acceptors (Lipinski definition) is 3. The Kier molecular flexibility index (Phi) is 3.51. The summed E-state index contributed by atoms with van der Waals surface area (Å²) in [5, 5.41) is 9.62. The van der Waals surface area contributed by atoms with Crippen LogP contribution < -0.4 is 5.43 Å². The maximum Gasteiger partial charge on any atom is 0.310 e. The summed E-state index contributed by atoms with van der Waals surface area (Å²) in [5.41, 5.74) is 1.43. The predicted molar refractivity (Wildman–Crippen MR) is 84.0 cm³/mol. The van der Waals surface area contributed by atoms with E-state index in [1.54, 1.807) is 25.1 Å². The molecule has 0 radical (unpaired) electrons. The summed E-state index contributed by atoms with van der Waals surface area (Å²) < 4.78 is 5.87. The van der Waals surface area contributed by atoms with Crippen molar-refractivity contribution in [3.63, 3.8) is 0 Å². The Labute approximate surface area is 126 Å². The highest BCUT2D eigenvalue weighted by molar-refractivity contribution is 5.87. The average molecular weight is 294 g/mol. The number of hydrogen-bond donors (Lipinski definition) is 1. The van der Waals surface area contributed by atoms with Gasteiger partial charge in [0.25, 0.3) is 0 Å². The molecule has 1 atom stereocenters. The van der Waals surface area contributed by atoms with Crippen LogP contribution in [0.1, 0.15) is 18.4 Å². The van der Waals surface area contributed by atoms with Crippen molar-refractivity contribution in [2.24, 2.45) is 0 Å². The zero-order valence-electron chi connectivity index (χ0n) is 11.9. The van der Waals surface area contributed by atoms with Gasteiger partial charge >= 0.3 is 5.97 Å². The van der Waals surface area contributed by atoms with Crippen LogP contribution in [0.25, 0.3) is 22.3 Å². The second kappa shape index (κ2) is 5.48. The molecule has 0 fully saturated rings. The van der Waals surface area contributed by atoms with E-state index < -0.39 is 11.9 Å². The summed E-state index contributed by atoms with van der Waals surface area (Å²) >= 11 is 0. The number of aliphatic carboxylic acids is 1. The van der Waals surface area contributed by atoms with Gasteiger partial charge in [0.05, 0.1) is 11.3 Å². The molecule has 0 unspecified atom stereocenters. The zero-order valence-corrected chi connectivity index (χ0v) is 11.9. The number of carbonyl (C=O) groups is 1. The van der Waals surface area contributed by atoms with Crippen molar-refractivity contribution in [3.8, 4) is 11.3 Å². The third-order valence-corrected chi connectivity index (χ3v) is 3.68. The molecule has 0 spiro atoms. The van der Waals surface area contributed by atoms with E-state index in [4.69, 9.17) is 4.42 Å². The van der Waals surface area contributed by atoms with Gasteiger partial charge < -0.3 is 9.52 Å². The van der Waals surface area contributed by atoms with E-state index in [1.807, 2.05) is 30.3 Å². The molecule has 1 heterocycles. The monoisotopic (exact) mass is 294 g/mol. The van der Waals surface area contributed by atoms with Crippen LogP contribution in [0.5, 0.6) is 0 Å². The highest BCUT2D eigenvalue weighted by Crippen LogP contribution is 2.28. The molecule has 0 bridgehead atoms. The lowest BCUT2D eigenvalue weighted by Crippen LogP contribution is -2.09. The summed E-state index contributed by atoms with van der Waals surface area (Å²) in [7, 11) is 0. The molecule has 4 heteroatoms. The van der Waals surface area contributed by atoms with E-state index in [1.165, 1.54) is 6.07 Å². The van der Waals surface area contributed by atoms with Crippen LogP contribution in [0, 0.1) is 0 Å². The van der Waals surface area contributed by atoms with E-state index in [0.29, 0.717) is 22.3 Å². The number of benzene rings is 2. The third kappa shape index (κ3) is 2.39. The maximum absolute atomic E-state index is 12.3. The van der Waals surface area contributed by atoms with Crippen molar-refractivity contribution in [1.82, 2.24) is 0 Å². The van der Waals surface area contributed by atoms with Crippen LogP contribution >= 0.6 is 0 Å². The molecule has 0 aliphatic heterocycles. The molecule has 0 saturated heterocycles. The molecular weight excluding hydrogens is 280 g/mol. The van der Waals surface area contributed by atoms with Gasteiger partial charge in [-0.15, -0.1) is 0 Å². The fraction of sp³-hybridized carbons (Fsp3) is 0.111. The second-order valence-corrected chi connectivity index (χ2v) is 5.12. The van der Waals surface area contributed by atoms with Gasteiger partial charge in [0.1, 0.15) is 11.3 Å². The van der Waals surface area contributed by atoms with E-state index in [0.717, 1.165) is 5.56 Å². The van der Waals surface area contributed by atoms with E-state index in [9.17, 15) is 14.7 Å². The summed E-state index contributed by atoms with van der Waals surface area (Å²) in [6.45, 7) is 1.58. The minimum atomic E-state index is -0.958. The van der Waals surface area contributed by atoms with Crippen LogP contribution in [-0.2, 0) is 4.79 Å². The SMILES string of the molecule is C[C@@H](C(=O)O)c1cccc2c(=O)cc(-c3ccccc3)oc12. The normalized spacial score (nSPS) is 12.2. The molecule has 3 aromatic rings. The first-order valence-electron chi connectivity index (χ1n) is 6.93. The maximum atomic E-state index is 12.3. The fourth-order valence-electron chi connectivity index (χ4n) is 2.42. The molecule has 0 saturated carbocycles. The summed E-state index contributed by atoms with van der Waals surface area (Å²) in [5.74, 6) is -1.28. The number of fused-ring (bicyclic) bond motifs is 1. The molecule has 110 valence electrons. The third-order valence-electron chi connectivity index (χ3n) is 3.68. The molecule has 0 aliphatic carbocycles. The van der Waals surface area contributed by atoms with Gasteiger partial charge in [0.2, 0.25) is 0 Å². The van der Waals surface area contributed by atoms with Crippen molar-refractivity contribution >= 4 is 16.9 Å². The second-order valence-electron chi connectivity index (χ2n) is 5.12. The number of rotatable bonds is 3. The Morgan fingerprint density at radius 1 is 1.09 bits per heavy atom. The highest BCUT2D eigenvalue weighted by atomic mass is 16.4. The van der Waals surface area contributed by atoms with Crippen molar-refractivity contribution in [3.05, 3.63) is 70.4 Å². The van der Waals surface area contributed by atoms with E-state index >= 15 is 0 Å². The van der Waals surface area contributed by atoms with Gasteiger partial charge in [0.15, 0.2) is 5.43 Å². The Bertz CT molecular complexity index is 894. The van der Waals surface area contributed by atoms with Crippen molar-refractivity contribution in [2.45, 2.75) is 12.8 Å². The van der Waals surface area contributed by atoms with Crippen molar-refractivity contribution < 1.29 is 14.3 Å².